The molecule has 160 valence electrons. The van der Waals surface area contributed by atoms with Gasteiger partial charge in [-0.05, 0) is 24.5 Å². The number of hydrogen-bond acceptors (Lipinski definition) is 7. The Labute approximate surface area is 186 Å². The molecule has 2 aliphatic rings. The minimum absolute atomic E-state index is 0.0369. The lowest BCUT2D eigenvalue weighted by atomic mass is 10.0. The van der Waals surface area contributed by atoms with E-state index < -0.39 is 29.2 Å². The zero-order chi connectivity index (χ0) is 22.0. The van der Waals surface area contributed by atoms with Gasteiger partial charge in [-0.2, -0.15) is 0 Å². The van der Waals surface area contributed by atoms with Crippen molar-refractivity contribution < 1.29 is 19.5 Å². The number of carbonyl (C=O) groups is 3. The van der Waals surface area contributed by atoms with Gasteiger partial charge in [0.2, 0.25) is 0 Å². The molecule has 1 fully saturated rings. The zero-order valence-electron chi connectivity index (χ0n) is 16.4. The number of nitrogen functional groups attached to an aromatic ring is 1. The summed E-state index contributed by atoms with van der Waals surface area (Å²) in [5.41, 5.74) is 7.67. The summed E-state index contributed by atoms with van der Waals surface area (Å²) in [5, 5.41) is 13.7. The number of benzene rings is 1. The van der Waals surface area contributed by atoms with E-state index in [9.17, 15) is 19.5 Å². The molecule has 0 bridgehead atoms. The normalized spacial score (nSPS) is 20.5. The summed E-state index contributed by atoms with van der Waals surface area (Å²) in [4.78, 5) is 42.4. The van der Waals surface area contributed by atoms with Gasteiger partial charge in [-0.1, -0.05) is 36.4 Å². The smallest absolute Gasteiger partial charge is 0.352 e. The second-order valence-corrected chi connectivity index (χ2v) is 9.03. The highest BCUT2D eigenvalue weighted by atomic mass is 32.2. The Morgan fingerprint density at radius 2 is 2.10 bits per heavy atom. The van der Waals surface area contributed by atoms with Crippen molar-refractivity contribution in [1.29, 1.82) is 0 Å². The molecule has 0 radical (unpaired) electrons. The third-order valence-corrected chi connectivity index (χ3v) is 6.88. The molecule has 2 aliphatic heterocycles. The quantitative estimate of drug-likeness (QED) is 0.430. The standard InChI is InChI=1S/C21H20N4O4S2/c22-21-23-14(11-31-21)13(8-4-7-12-5-2-1-3-6-12)17(26)24-16-18(27)25-15(20(28)29)9-10-30-19(16)25/h1-3,5-6,8-9,11,16,19H,4,7,10H2,(H2,22,23)(H,24,26)(H,28,29)/b13-8-. The monoisotopic (exact) mass is 456 g/mol. The number of thiazole rings is 1. The number of allylic oxidation sites excluding steroid dienone is 1. The summed E-state index contributed by atoms with van der Waals surface area (Å²) < 4.78 is 0. The maximum Gasteiger partial charge on any atom is 0.352 e. The number of thioether (sulfide) groups is 1. The Morgan fingerprint density at radius 3 is 2.77 bits per heavy atom. The van der Waals surface area contributed by atoms with Crippen molar-refractivity contribution in [2.75, 3.05) is 11.5 Å². The number of aliphatic carboxylic acids is 1. The average Bonchev–Trinajstić information content (AvgIpc) is 3.20. The Morgan fingerprint density at radius 1 is 1.32 bits per heavy atom. The zero-order valence-corrected chi connectivity index (χ0v) is 18.0. The number of β-lactam (4-membered cyclic amide) rings is 1. The number of fused-ring (bicyclic) bond motifs is 1. The van der Waals surface area contributed by atoms with Gasteiger partial charge in [-0.15, -0.1) is 23.1 Å². The molecule has 31 heavy (non-hydrogen) atoms. The molecule has 2 amide bonds. The Kier molecular flexibility index (Phi) is 6.10. The van der Waals surface area contributed by atoms with E-state index in [0.717, 1.165) is 12.0 Å². The van der Waals surface area contributed by atoms with Crippen molar-refractivity contribution in [3.8, 4) is 0 Å². The molecule has 2 aromatic rings. The second-order valence-electron chi connectivity index (χ2n) is 6.99. The van der Waals surface area contributed by atoms with Crippen LogP contribution in [0.1, 0.15) is 17.7 Å². The summed E-state index contributed by atoms with van der Waals surface area (Å²) in [6.07, 6.45) is 4.67. The van der Waals surface area contributed by atoms with Crippen LogP contribution < -0.4 is 11.1 Å². The number of aryl methyl sites for hydroxylation is 1. The van der Waals surface area contributed by atoms with Crippen molar-refractivity contribution in [2.24, 2.45) is 0 Å². The molecule has 1 aromatic heterocycles. The van der Waals surface area contributed by atoms with Crippen LogP contribution in [0.15, 0.2) is 53.6 Å². The summed E-state index contributed by atoms with van der Waals surface area (Å²) in [6.45, 7) is 0. The topological polar surface area (TPSA) is 126 Å². The Hall–Kier alpha value is -3.11. The molecule has 0 spiro atoms. The lowest BCUT2D eigenvalue weighted by Crippen LogP contribution is -2.70. The van der Waals surface area contributed by atoms with Crippen molar-refractivity contribution in [3.63, 3.8) is 0 Å². The van der Waals surface area contributed by atoms with E-state index in [1.54, 1.807) is 11.5 Å². The molecule has 4 N–H and O–H groups in total. The highest BCUT2D eigenvalue weighted by molar-refractivity contribution is 8.00. The number of carbonyl (C=O) groups excluding carboxylic acids is 2. The van der Waals surface area contributed by atoms with Crippen LogP contribution in [0.25, 0.3) is 5.57 Å². The van der Waals surface area contributed by atoms with Crippen LogP contribution in [0.2, 0.25) is 0 Å². The predicted molar refractivity (Wildman–Crippen MR) is 120 cm³/mol. The maximum atomic E-state index is 13.1. The number of anilines is 1. The summed E-state index contributed by atoms with van der Waals surface area (Å²) in [6, 6.07) is 9.12. The van der Waals surface area contributed by atoms with Crippen molar-refractivity contribution >= 4 is 51.6 Å². The molecule has 2 unspecified atom stereocenters. The van der Waals surface area contributed by atoms with Crippen LogP contribution in [-0.4, -0.2) is 49.9 Å². The number of nitrogens with zero attached hydrogens (tertiary/aromatic N) is 2. The van der Waals surface area contributed by atoms with Gasteiger partial charge >= 0.3 is 5.97 Å². The first kappa shape index (κ1) is 21.1. The number of rotatable bonds is 7. The third-order valence-electron chi connectivity index (χ3n) is 5.02. The lowest BCUT2D eigenvalue weighted by Gasteiger charge is -2.48. The maximum absolute atomic E-state index is 13.1. The van der Waals surface area contributed by atoms with Crippen LogP contribution in [0.5, 0.6) is 0 Å². The summed E-state index contributed by atoms with van der Waals surface area (Å²) in [7, 11) is 0. The highest BCUT2D eigenvalue weighted by Crippen LogP contribution is 2.37. The number of nitrogens with two attached hydrogens (primary N) is 1. The van der Waals surface area contributed by atoms with Gasteiger partial charge in [0.1, 0.15) is 17.1 Å². The van der Waals surface area contributed by atoms with Crippen LogP contribution in [0.4, 0.5) is 5.13 Å². The van der Waals surface area contributed by atoms with Gasteiger partial charge in [0, 0.05) is 11.1 Å². The Bertz CT molecular complexity index is 1080. The van der Waals surface area contributed by atoms with Crippen LogP contribution >= 0.6 is 23.1 Å². The first-order chi connectivity index (χ1) is 15.0. The molecule has 2 atom stereocenters. The van der Waals surface area contributed by atoms with E-state index >= 15 is 0 Å². The highest BCUT2D eigenvalue weighted by Gasteiger charge is 2.52. The van der Waals surface area contributed by atoms with Crippen LogP contribution in [0, 0.1) is 0 Å². The molecule has 0 saturated carbocycles. The predicted octanol–water partition coefficient (Wildman–Crippen LogP) is 2.11. The molecule has 10 heteroatoms. The van der Waals surface area contributed by atoms with Gasteiger partial charge in [0.15, 0.2) is 5.13 Å². The molecular formula is C21H20N4O4S2. The second kappa shape index (κ2) is 8.94. The van der Waals surface area contributed by atoms with E-state index in [2.05, 4.69) is 10.3 Å². The third kappa shape index (κ3) is 4.35. The summed E-state index contributed by atoms with van der Waals surface area (Å²) in [5.74, 6) is -1.54. The van der Waals surface area contributed by atoms with Crippen molar-refractivity contribution in [1.82, 2.24) is 15.2 Å². The van der Waals surface area contributed by atoms with E-state index in [1.807, 2.05) is 30.3 Å². The van der Waals surface area contributed by atoms with E-state index in [0.29, 0.717) is 28.6 Å². The number of carboxylic acid groups (broad SMARTS) is 1. The molecule has 3 heterocycles. The fourth-order valence-corrected chi connectivity index (χ4v) is 5.27. The number of hydrogen-bond donors (Lipinski definition) is 3. The van der Waals surface area contributed by atoms with Crippen molar-refractivity contribution in [3.05, 3.63) is 64.8 Å². The minimum atomic E-state index is -1.15. The first-order valence-electron chi connectivity index (χ1n) is 9.60. The fraction of sp³-hybridized carbons (Fsp3) is 0.238. The van der Waals surface area contributed by atoms with Crippen LogP contribution in [0.3, 0.4) is 0 Å². The van der Waals surface area contributed by atoms with E-state index in [1.165, 1.54) is 34.1 Å². The van der Waals surface area contributed by atoms with Gasteiger partial charge in [-0.25, -0.2) is 9.78 Å². The van der Waals surface area contributed by atoms with Gasteiger partial charge in [-0.3, -0.25) is 14.5 Å². The number of carboxylic acids is 1. The lowest BCUT2D eigenvalue weighted by molar-refractivity contribution is -0.150. The van der Waals surface area contributed by atoms with Gasteiger partial charge in [0.25, 0.3) is 11.8 Å². The van der Waals surface area contributed by atoms with Crippen LogP contribution in [-0.2, 0) is 20.8 Å². The number of nitrogens with one attached hydrogen (secondary N) is 1. The molecule has 8 nitrogen and oxygen atoms in total. The largest absolute Gasteiger partial charge is 0.477 e. The van der Waals surface area contributed by atoms with E-state index in [4.69, 9.17) is 5.73 Å². The molecule has 4 rings (SSSR count). The SMILES string of the molecule is Nc1nc(/C(=C/CCc2ccccc2)C(=O)NC2C(=O)N3C(C(=O)O)=CCSC23)cs1. The number of aromatic nitrogens is 1. The summed E-state index contributed by atoms with van der Waals surface area (Å²) >= 11 is 2.65. The minimum Gasteiger partial charge on any atom is -0.477 e. The first-order valence-corrected chi connectivity index (χ1v) is 11.5. The average molecular weight is 457 g/mol. The molecule has 1 saturated heterocycles. The van der Waals surface area contributed by atoms with Crippen molar-refractivity contribution in [2.45, 2.75) is 24.3 Å². The van der Waals surface area contributed by atoms with E-state index in [-0.39, 0.29) is 5.70 Å². The molecule has 0 aliphatic carbocycles. The molecular weight excluding hydrogens is 436 g/mol. The molecule has 1 aromatic carbocycles. The number of amides is 2. The fourth-order valence-electron chi connectivity index (χ4n) is 3.51. The van der Waals surface area contributed by atoms with Gasteiger partial charge in [0.05, 0.1) is 11.3 Å². The van der Waals surface area contributed by atoms with Gasteiger partial charge < -0.3 is 16.2 Å². The Balaban J connectivity index is 1.49.